The monoisotopic (exact) mass is 345 g/mol. The first kappa shape index (κ1) is 18.6. The van der Waals surface area contributed by atoms with Crippen molar-refractivity contribution in [2.24, 2.45) is 5.92 Å². The van der Waals surface area contributed by atoms with Gasteiger partial charge < -0.3 is 4.90 Å². The van der Waals surface area contributed by atoms with Crippen LogP contribution in [0.1, 0.15) is 51.8 Å². The third-order valence-corrected chi connectivity index (χ3v) is 5.76. The van der Waals surface area contributed by atoms with Crippen molar-refractivity contribution in [1.82, 2.24) is 19.8 Å². The third-order valence-electron chi connectivity index (χ3n) is 5.76. The highest BCUT2D eigenvalue weighted by molar-refractivity contribution is 5.50. The molecule has 3 heterocycles. The molecule has 140 valence electrons. The van der Waals surface area contributed by atoms with Gasteiger partial charge in [-0.1, -0.05) is 20.3 Å². The lowest BCUT2D eigenvalue weighted by Gasteiger charge is -2.39. The summed E-state index contributed by atoms with van der Waals surface area (Å²) >= 11 is 0. The van der Waals surface area contributed by atoms with Crippen LogP contribution in [0.3, 0.4) is 0 Å². The second kappa shape index (κ2) is 8.45. The first-order valence-electron chi connectivity index (χ1n) is 10.1. The van der Waals surface area contributed by atoms with E-state index in [0.29, 0.717) is 6.04 Å². The summed E-state index contributed by atoms with van der Waals surface area (Å²) in [6.45, 7) is 17.0. The van der Waals surface area contributed by atoms with Gasteiger partial charge in [-0.25, -0.2) is 9.97 Å². The highest BCUT2D eigenvalue weighted by Crippen LogP contribution is 2.27. The number of aromatic nitrogens is 2. The van der Waals surface area contributed by atoms with E-state index < -0.39 is 0 Å². The number of rotatable bonds is 6. The fraction of sp³-hybridized carbons (Fsp3) is 0.800. The molecule has 2 aliphatic rings. The zero-order valence-electron chi connectivity index (χ0n) is 16.5. The molecular weight excluding hydrogens is 310 g/mol. The van der Waals surface area contributed by atoms with Crippen molar-refractivity contribution in [3.05, 3.63) is 17.6 Å². The fourth-order valence-electron chi connectivity index (χ4n) is 4.29. The molecule has 0 bridgehead atoms. The van der Waals surface area contributed by atoms with Gasteiger partial charge in [0.1, 0.15) is 12.1 Å². The predicted octanol–water partition coefficient (Wildman–Crippen LogP) is 2.80. The Bertz CT molecular complexity index is 551. The molecule has 0 radical (unpaired) electrons. The zero-order valence-corrected chi connectivity index (χ0v) is 16.5. The lowest BCUT2D eigenvalue weighted by atomic mass is 10.0. The number of hydrogen-bond donors (Lipinski definition) is 0. The maximum atomic E-state index is 4.68. The standard InChI is InChI=1S/C20H35N5/c1-5-6-17(4)13-23-8-7-18-19(14-23)21-15-22-20(18)25-11-9-24(10-12-25)16(2)3/h15-17H,5-14H2,1-4H3. The van der Waals surface area contributed by atoms with Crippen LogP contribution in [0, 0.1) is 5.92 Å². The average Bonchev–Trinajstić information content (AvgIpc) is 2.61. The smallest absolute Gasteiger partial charge is 0.135 e. The molecule has 1 aromatic heterocycles. The summed E-state index contributed by atoms with van der Waals surface area (Å²) < 4.78 is 0. The van der Waals surface area contributed by atoms with Gasteiger partial charge in [0.05, 0.1) is 5.69 Å². The van der Waals surface area contributed by atoms with Crippen molar-refractivity contribution < 1.29 is 0 Å². The molecule has 2 aliphatic heterocycles. The molecule has 0 aliphatic carbocycles. The minimum absolute atomic E-state index is 0.639. The van der Waals surface area contributed by atoms with Gasteiger partial charge >= 0.3 is 0 Å². The van der Waals surface area contributed by atoms with Gasteiger partial charge in [-0.3, -0.25) is 9.80 Å². The number of piperazine rings is 1. The Morgan fingerprint density at radius 2 is 1.80 bits per heavy atom. The van der Waals surface area contributed by atoms with Gasteiger partial charge in [0.25, 0.3) is 0 Å². The van der Waals surface area contributed by atoms with Crippen LogP contribution in [0.2, 0.25) is 0 Å². The Balaban J connectivity index is 1.65. The van der Waals surface area contributed by atoms with Crippen LogP contribution in [-0.2, 0) is 13.0 Å². The summed E-state index contributed by atoms with van der Waals surface area (Å²) in [6.07, 6.45) is 5.47. The van der Waals surface area contributed by atoms with E-state index in [1.165, 1.54) is 36.5 Å². The normalized spacial score (nSPS) is 20.8. The fourth-order valence-corrected chi connectivity index (χ4v) is 4.29. The Labute approximate surface area is 153 Å². The molecule has 5 heteroatoms. The minimum atomic E-state index is 0.639. The molecular formula is C20H35N5. The lowest BCUT2D eigenvalue weighted by molar-refractivity contribution is 0.205. The van der Waals surface area contributed by atoms with Gasteiger partial charge in [-0.05, 0) is 32.6 Å². The van der Waals surface area contributed by atoms with Crippen molar-refractivity contribution in [1.29, 1.82) is 0 Å². The van der Waals surface area contributed by atoms with Crippen LogP contribution in [0.5, 0.6) is 0 Å². The Kier molecular flexibility index (Phi) is 6.29. The van der Waals surface area contributed by atoms with E-state index in [1.807, 2.05) is 0 Å². The van der Waals surface area contributed by atoms with Crippen molar-refractivity contribution >= 4 is 5.82 Å². The van der Waals surface area contributed by atoms with Crippen molar-refractivity contribution in [2.75, 3.05) is 44.2 Å². The number of fused-ring (bicyclic) bond motifs is 1. The summed E-state index contributed by atoms with van der Waals surface area (Å²) in [7, 11) is 0. The SMILES string of the molecule is CCCC(C)CN1CCc2c(ncnc2N2CCN(C(C)C)CC2)C1. The van der Waals surface area contributed by atoms with E-state index in [1.54, 1.807) is 6.33 Å². The highest BCUT2D eigenvalue weighted by atomic mass is 15.3. The first-order valence-corrected chi connectivity index (χ1v) is 10.1. The van der Waals surface area contributed by atoms with Crippen molar-refractivity contribution in [3.8, 4) is 0 Å². The second-order valence-electron chi connectivity index (χ2n) is 8.12. The molecule has 3 rings (SSSR count). The zero-order chi connectivity index (χ0) is 17.8. The van der Waals surface area contributed by atoms with Crippen LogP contribution in [0.4, 0.5) is 5.82 Å². The number of nitrogens with zero attached hydrogens (tertiary/aromatic N) is 5. The van der Waals surface area contributed by atoms with Crippen molar-refractivity contribution in [3.63, 3.8) is 0 Å². The summed E-state index contributed by atoms with van der Waals surface area (Å²) in [4.78, 5) is 16.9. The highest BCUT2D eigenvalue weighted by Gasteiger charge is 2.26. The van der Waals surface area contributed by atoms with E-state index in [0.717, 1.165) is 51.6 Å². The van der Waals surface area contributed by atoms with Crippen LogP contribution in [-0.4, -0.2) is 65.1 Å². The maximum Gasteiger partial charge on any atom is 0.135 e. The van der Waals surface area contributed by atoms with E-state index in [-0.39, 0.29) is 0 Å². The molecule has 0 aromatic carbocycles. The molecule has 1 aromatic rings. The molecule has 1 saturated heterocycles. The van der Waals surface area contributed by atoms with E-state index in [2.05, 4.69) is 52.4 Å². The lowest BCUT2D eigenvalue weighted by Crippen LogP contribution is -2.49. The van der Waals surface area contributed by atoms with Gasteiger partial charge in [-0.2, -0.15) is 0 Å². The molecule has 0 saturated carbocycles. The van der Waals surface area contributed by atoms with Gasteiger partial charge in [0, 0.05) is 57.4 Å². The number of anilines is 1. The van der Waals surface area contributed by atoms with Crippen LogP contribution in [0.25, 0.3) is 0 Å². The summed E-state index contributed by atoms with van der Waals surface area (Å²) in [6, 6.07) is 0.639. The van der Waals surface area contributed by atoms with Crippen molar-refractivity contribution in [2.45, 2.75) is 59.5 Å². The molecule has 0 spiro atoms. The topological polar surface area (TPSA) is 35.5 Å². The summed E-state index contributed by atoms with van der Waals surface area (Å²) in [5.74, 6) is 1.98. The Morgan fingerprint density at radius 1 is 1.04 bits per heavy atom. The molecule has 1 fully saturated rings. The van der Waals surface area contributed by atoms with Crippen LogP contribution < -0.4 is 4.90 Å². The van der Waals surface area contributed by atoms with Gasteiger partial charge in [0.15, 0.2) is 0 Å². The predicted molar refractivity (Wildman–Crippen MR) is 104 cm³/mol. The van der Waals surface area contributed by atoms with Crippen LogP contribution in [0.15, 0.2) is 6.33 Å². The first-order chi connectivity index (χ1) is 12.1. The maximum absolute atomic E-state index is 4.68. The quantitative estimate of drug-likeness (QED) is 0.792. The molecule has 1 atom stereocenters. The molecule has 25 heavy (non-hydrogen) atoms. The van der Waals surface area contributed by atoms with E-state index >= 15 is 0 Å². The van der Waals surface area contributed by atoms with E-state index in [9.17, 15) is 0 Å². The Morgan fingerprint density at radius 3 is 2.48 bits per heavy atom. The molecule has 0 N–H and O–H groups in total. The molecule has 5 nitrogen and oxygen atoms in total. The van der Waals surface area contributed by atoms with Gasteiger partial charge in [-0.15, -0.1) is 0 Å². The molecule has 1 unspecified atom stereocenters. The molecule has 0 amide bonds. The largest absolute Gasteiger partial charge is 0.354 e. The summed E-state index contributed by atoms with van der Waals surface area (Å²) in [5, 5.41) is 0. The second-order valence-corrected chi connectivity index (χ2v) is 8.12. The minimum Gasteiger partial charge on any atom is -0.354 e. The van der Waals surface area contributed by atoms with Gasteiger partial charge in [0.2, 0.25) is 0 Å². The third kappa shape index (κ3) is 4.50. The number of hydrogen-bond acceptors (Lipinski definition) is 5. The van der Waals surface area contributed by atoms with Crippen LogP contribution >= 0.6 is 0 Å². The summed E-state index contributed by atoms with van der Waals surface area (Å²) in [5.41, 5.74) is 2.66. The van der Waals surface area contributed by atoms with E-state index in [4.69, 9.17) is 0 Å². The average molecular weight is 346 g/mol. The Hall–Kier alpha value is -1.20.